The maximum atomic E-state index is 12.2. The van der Waals surface area contributed by atoms with Gasteiger partial charge in [0.05, 0.1) is 0 Å². The number of hydrogen-bond donors (Lipinski definition) is 1. The summed E-state index contributed by atoms with van der Waals surface area (Å²) in [5.74, 6) is -0.502. The van der Waals surface area contributed by atoms with E-state index in [1.807, 2.05) is 0 Å². The molecule has 4 nitrogen and oxygen atoms in total. The molecule has 0 aliphatic carbocycles. The maximum absolute atomic E-state index is 12.2. The lowest BCUT2D eigenvalue weighted by Gasteiger charge is -1.91. The van der Waals surface area contributed by atoms with Gasteiger partial charge in [0.1, 0.15) is 0 Å². The minimum atomic E-state index is -2.71. The summed E-state index contributed by atoms with van der Waals surface area (Å²) in [6.07, 6.45) is -2.71. The van der Waals surface area contributed by atoms with E-state index in [4.69, 9.17) is 23.2 Å². The van der Waals surface area contributed by atoms with Crippen LogP contribution in [0, 0.1) is 0 Å². The van der Waals surface area contributed by atoms with Crippen molar-refractivity contribution >= 4 is 34.5 Å². The zero-order valence-electron chi connectivity index (χ0n) is 6.43. The molecule has 0 aliphatic rings. The molecule has 0 bridgehead atoms. The Kier molecular flexibility index (Phi) is 2.24. The predicted octanol–water partition coefficient (Wildman–Crippen LogP) is 2.60. The van der Waals surface area contributed by atoms with E-state index in [0.29, 0.717) is 0 Å². The van der Waals surface area contributed by atoms with E-state index in [1.165, 1.54) is 0 Å². The number of nitrogens with zero attached hydrogens (tertiary/aromatic N) is 3. The molecule has 1 N–H and O–H groups in total. The lowest BCUT2D eigenvalue weighted by atomic mass is 10.7. The van der Waals surface area contributed by atoms with Crippen LogP contribution in [0.2, 0.25) is 10.3 Å². The fraction of sp³-hybridized carbons (Fsp3) is 0.167. The molecule has 0 aromatic carbocycles. The van der Waals surface area contributed by atoms with Crippen molar-refractivity contribution in [1.29, 1.82) is 0 Å². The number of H-pyrrole nitrogens is 1. The van der Waals surface area contributed by atoms with E-state index in [1.54, 1.807) is 0 Å². The molecule has 0 radical (unpaired) electrons. The largest absolute Gasteiger partial charge is 0.320 e. The summed E-state index contributed by atoms with van der Waals surface area (Å²) in [6, 6.07) is 0. The second-order valence-corrected chi connectivity index (χ2v) is 3.12. The van der Waals surface area contributed by atoms with Gasteiger partial charge in [-0.3, -0.25) is 0 Å². The molecule has 0 spiro atoms. The summed E-state index contributed by atoms with van der Waals surface area (Å²) < 4.78 is 24.4. The van der Waals surface area contributed by atoms with E-state index < -0.39 is 12.2 Å². The lowest BCUT2D eigenvalue weighted by molar-refractivity contribution is 0.142. The van der Waals surface area contributed by atoms with E-state index in [0.717, 1.165) is 0 Å². The van der Waals surface area contributed by atoms with Gasteiger partial charge in [0.15, 0.2) is 27.4 Å². The average molecular weight is 239 g/mol. The first kappa shape index (κ1) is 9.54. The summed E-state index contributed by atoms with van der Waals surface area (Å²) in [6.45, 7) is 0. The van der Waals surface area contributed by atoms with Crippen LogP contribution in [0.25, 0.3) is 11.3 Å². The molecular formula is C6H2Cl2F2N4. The monoisotopic (exact) mass is 238 g/mol. The molecule has 0 amide bonds. The van der Waals surface area contributed by atoms with Crippen molar-refractivity contribution in [2.45, 2.75) is 6.43 Å². The predicted molar refractivity (Wildman–Crippen MR) is 46.7 cm³/mol. The molecule has 2 rings (SSSR count). The third kappa shape index (κ3) is 1.51. The van der Waals surface area contributed by atoms with Crippen LogP contribution in [0.5, 0.6) is 0 Å². The Morgan fingerprint density at radius 2 is 1.71 bits per heavy atom. The molecule has 0 fully saturated rings. The number of halogens is 4. The van der Waals surface area contributed by atoms with E-state index in [-0.39, 0.29) is 21.6 Å². The Bertz CT molecular complexity index is 445. The van der Waals surface area contributed by atoms with Crippen LogP contribution in [-0.4, -0.2) is 19.9 Å². The molecule has 2 aromatic heterocycles. The first-order chi connectivity index (χ1) is 6.58. The number of alkyl halides is 2. The van der Waals surface area contributed by atoms with Crippen LogP contribution in [-0.2, 0) is 0 Å². The fourth-order valence-electron chi connectivity index (χ4n) is 0.915. The number of nitrogens with one attached hydrogen (secondary N) is 1. The minimum absolute atomic E-state index is 0.0229. The highest BCUT2D eigenvalue weighted by Crippen LogP contribution is 2.22. The minimum Gasteiger partial charge on any atom is -0.320 e. The quantitative estimate of drug-likeness (QED) is 0.831. The topological polar surface area (TPSA) is 54.5 Å². The van der Waals surface area contributed by atoms with Crippen molar-refractivity contribution < 1.29 is 8.78 Å². The Balaban J connectivity index is 2.66. The number of rotatable bonds is 1. The summed E-state index contributed by atoms with van der Waals surface area (Å²) >= 11 is 11.1. The smallest absolute Gasteiger partial charge is 0.295 e. The van der Waals surface area contributed by atoms with E-state index in [9.17, 15) is 8.78 Å². The molecule has 0 atom stereocenters. The van der Waals surface area contributed by atoms with Gasteiger partial charge >= 0.3 is 0 Å². The van der Waals surface area contributed by atoms with Crippen molar-refractivity contribution in [3.8, 4) is 0 Å². The summed E-state index contributed by atoms with van der Waals surface area (Å²) in [5.41, 5.74) is 0.115. The fourth-order valence-corrected chi connectivity index (χ4v) is 1.16. The van der Waals surface area contributed by atoms with Crippen LogP contribution < -0.4 is 0 Å². The zero-order chi connectivity index (χ0) is 10.3. The second kappa shape index (κ2) is 3.29. The van der Waals surface area contributed by atoms with Crippen molar-refractivity contribution in [3.63, 3.8) is 0 Å². The SMILES string of the molecule is FC(F)c1nc2nc(Cl)c(Cl)nc2[nH]1. The maximum Gasteiger partial charge on any atom is 0.295 e. The van der Waals surface area contributed by atoms with Gasteiger partial charge in [-0.1, -0.05) is 23.2 Å². The van der Waals surface area contributed by atoms with Crippen molar-refractivity contribution in [2.75, 3.05) is 0 Å². The van der Waals surface area contributed by atoms with Gasteiger partial charge in [-0.05, 0) is 0 Å². The van der Waals surface area contributed by atoms with Crippen LogP contribution in [0.4, 0.5) is 8.78 Å². The van der Waals surface area contributed by atoms with Crippen LogP contribution >= 0.6 is 23.2 Å². The first-order valence-corrected chi connectivity index (χ1v) is 4.20. The Morgan fingerprint density at radius 3 is 2.36 bits per heavy atom. The molecule has 0 saturated carbocycles. The summed E-state index contributed by atoms with van der Waals surface area (Å²) in [7, 11) is 0. The number of aromatic nitrogens is 4. The molecule has 0 unspecified atom stereocenters. The van der Waals surface area contributed by atoms with Crippen molar-refractivity contribution in [3.05, 3.63) is 16.1 Å². The highest BCUT2D eigenvalue weighted by molar-refractivity contribution is 6.40. The van der Waals surface area contributed by atoms with Crippen LogP contribution in [0.15, 0.2) is 0 Å². The Hall–Kier alpha value is -1.01. The molecule has 14 heavy (non-hydrogen) atoms. The average Bonchev–Trinajstić information content (AvgIpc) is 2.48. The standard InChI is InChI=1S/C6H2Cl2F2N4/c7-1-2(8)12-6-5(11-1)13-4(14-6)3(9)10/h3H,(H,11,12,13,14). The number of hydrogen-bond acceptors (Lipinski definition) is 3. The van der Waals surface area contributed by atoms with Gasteiger partial charge in [0.2, 0.25) is 0 Å². The third-order valence-corrected chi connectivity index (χ3v) is 2.10. The summed E-state index contributed by atoms with van der Waals surface area (Å²) in [5, 5.41) is -0.116. The summed E-state index contributed by atoms with van der Waals surface area (Å²) in [4.78, 5) is 13.1. The number of imidazole rings is 1. The van der Waals surface area contributed by atoms with Crippen molar-refractivity contribution in [1.82, 2.24) is 19.9 Å². The number of fused-ring (bicyclic) bond motifs is 1. The van der Waals surface area contributed by atoms with Gasteiger partial charge in [-0.2, -0.15) is 0 Å². The third-order valence-electron chi connectivity index (χ3n) is 1.48. The molecular weight excluding hydrogens is 237 g/mol. The number of aromatic amines is 1. The zero-order valence-corrected chi connectivity index (χ0v) is 7.94. The second-order valence-electron chi connectivity index (χ2n) is 2.40. The van der Waals surface area contributed by atoms with E-state index in [2.05, 4.69) is 19.9 Å². The molecule has 8 heteroatoms. The molecule has 74 valence electrons. The highest BCUT2D eigenvalue weighted by atomic mass is 35.5. The molecule has 2 heterocycles. The Labute approximate surface area is 86.3 Å². The molecule has 0 saturated heterocycles. The van der Waals surface area contributed by atoms with Gasteiger partial charge in [0, 0.05) is 0 Å². The van der Waals surface area contributed by atoms with Crippen molar-refractivity contribution in [2.24, 2.45) is 0 Å². The Morgan fingerprint density at radius 1 is 1.07 bits per heavy atom. The van der Waals surface area contributed by atoms with E-state index >= 15 is 0 Å². The van der Waals surface area contributed by atoms with Gasteiger partial charge in [-0.25, -0.2) is 23.7 Å². The highest BCUT2D eigenvalue weighted by Gasteiger charge is 2.15. The van der Waals surface area contributed by atoms with Gasteiger partial charge in [-0.15, -0.1) is 0 Å². The normalized spacial score (nSPS) is 11.5. The first-order valence-electron chi connectivity index (χ1n) is 3.44. The molecule has 2 aromatic rings. The molecule has 0 aliphatic heterocycles. The van der Waals surface area contributed by atoms with Crippen LogP contribution in [0.3, 0.4) is 0 Å². The van der Waals surface area contributed by atoms with Crippen LogP contribution in [0.1, 0.15) is 12.2 Å². The van der Waals surface area contributed by atoms with Gasteiger partial charge < -0.3 is 4.98 Å². The van der Waals surface area contributed by atoms with Gasteiger partial charge in [0.25, 0.3) is 6.43 Å². The lowest BCUT2D eigenvalue weighted by Crippen LogP contribution is -1.85.